The van der Waals surface area contributed by atoms with E-state index in [9.17, 15) is 9.90 Å². The van der Waals surface area contributed by atoms with E-state index in [0.717, 1.165) is 33.6 Å². The minimum atomic E-state index is -0.823. The first-order valence-electron chi connectivity index (χ1n) is 11.9. The Balaban J connectivity index is 1.79. The van der Waals surface area contributed by atoms with Gasteiger partial charge in [0.1, 0.15) is 5.75 Å². The van der Waals surface area contributed by atoms with Crippen molar-refractivity contribution in [3.8, 4) is 16.9 Å². The van der Waals surface area contributed by atoms with Crippen molar-refractivity contribution in [3.05, 3.63) is 126 Å². The van der Waals surface area contributed by atoms with Gasteiger partial charge in [0.2, 0.25) is 0 Å². The lowest BCUT2D eigenvalue weighted by atomic mass is 9.94. The van der Waals surface area contributed by atoms with Crippen molar-refractivity contribution in [3.63, 3.8) is 0 Å². The SMILES string of the molecule is COc1ccccc1-c1cccc(C(CC(=O)O)N(Cc2ccccc2)[C@H](C)c2ccccc2)c1. The Morgan fingerprint density at radius 2 is 1.46 bits per heavy atom. The summed E-state index contributed by atoms with van der Waals surface area (Å²) < 4.78 is 5.58. The Kier molecular flexibility index (Phi) is 7.96. The van der Waals surface area contributed by atoms with Gasteiger partial charge in [-0.05, 0) is 41.3 Å². The molecule has 1 unspecified atom stereocenters. The van der Waals surface area contributed by atoms with E-state index >= 15 is 0 Å². The van der Waals surface area contributed by atoms with Gasteiger partial charge in [-0.2, -0.15) is 0 Å². The number of para-hydroxylation sites is 1. The highest BCUT2D eigenvalue weighted by molar-refractivity contribution is 5.72. The first kappa shape index (κ1) is 24.2. The molecule has 4 aromatic carbocycles. The highest BCUT2D eigenvalue weighted by Gasteiger charge is 2.28. The van der Waals surface area contributed by atoms with E-state index < -0.39 is 5.97 Å². The molecule has 4 heteroatoms. The molecule has 0 bridgehead atoms. The van der Waals surface area contributed by atoms with Crippen LogP contribution in [0.4, 0.5) is 0 Å². The predicted molar refractivity (Wildman–Crippen MR) is 140 cm³/mol. The Labute approximate surface area is 207 Å². The molecule has 1 N–H and O–H groups in total. The molecule has 0 heterocycles. The quantitative estimate of drug-likeness (QED) is 0.270. The van der Waals surface area contributed by atoms with Gasteiger partial charge in [-0.3, -0.25) is 9.69 Å². The highest BCUT2D eigenvalue weighted by atomic mass is 16.5. The maximum absolute atomic E-state index is 12.1. The summed E-state index contributed by atoms with van der Waals surface area (Å²) in [7, 11) is 1.67. The zero-order chi connectivity index (χ0) is 24.6. The zero-order valence-electron chi connectivity index (χ0n) is 20.2. The molecule has 0 amide bonds. The van der Waals surface area contributed by atoms with E-state index in [1.54, 1.807) is 7.11 Å². The van der Waals surface area contributed by atoms with Crippen molar-refractivity contribution in [1.29, 1.82) is 0 Å². The maximum atomic E-state index is 12.1. The van der Waals surface area contributed by atoms with Crippen molar-refractivity contribution in [2.45, 2.75) is 32.0 Å². The predicted octanol–water partition coefficient (Wildman–Crippen LogP) is 7.14. The van der Waals surface area contributed by atoms with Crippen molar-refractivity contribution in [2.75, 3.05) is 7.11 Å². The number of ether oxygens (including phenoxy) is 1. The average Bonchev–Trinajstić information content (AvgIpc) is 2.91. The average molecular weight is 466 g/mol. The summed E-state index contributed by atoms with van der Waals surface area (Å²) in [5.74, 6) is -0.0331. The Bertz CT molecular complexity index is 1240. The molecule has 0 aliphatic carbocycles. The molecule has 4 aromatic rings. The Morgan fingerprint density at radius 1 is 0.829 bits per heavy atom. The fraction of sp³-hybridized carbons (Fsp3) is 0.194. The van der Waals surface area contributed by atoms with Gasteiger partial charge in [0.25, 0.3) is 0 Å². The van der Waals surface area contributed by atoms with Crippen LogP contribution in [0.25, 0.3) is 11.1 Å². The lowest BCUT2D eigenvalue weighted by Crippen LogP contribution is -2.32. The van der Waals surface area contributed by atoms with Crippen LogP contribution in [0.3, 0.4) is 0 Å². The van der Waals surface area contributed by atoms with Crippen LogP contribution in [0.15, 0.2) is 109 Å². The topological polar surface area (TPSA) is 49.8 Å². The third-order valence-electron chi connectivity index (χ3n) is 6.45. The van der Waals surface area contributed by atoms with Crippen LogP contribution in [0.2, 0.25) is 0 Å². The standard InChI is InChI=1S/C31H31NO3/c1-23(25-14-7-4-8-15-25)32(22-24-12-5-3-6-13-24)29(21-31(33)34)27-17-11-16-26(20-27)28-18-9-10-19-30(28)35-2/h3-20,23,29H,21-22H2,1-2H3,(H,33,34)/t23-,29?/m1/s1. The molecule has 4 nitrogen and oxygen atoms in total. The van der Waals surface area contributed by atoms with Crippen LogP contribution < -0.4 is 4.74 Å². The minimum absolute atomic E-state index is 0.000610. The van der Waals surface area contributed by atoms with Gasteiger partial charge in [-0.25, -0.2) is 0 Å². The molecule has 0 aliphatic heterocycles. The smallest absolute Gasteiger partial charge is 0.305 e. The van der Waals surface area contributed by atoms with Crippen LogP contribution in [-0.4, -0.2) is 23.1 Å². The largest absolute Gasteiger partial charge is 0.496 e. The van der Waals surface area contributed by atoms with Crippen molar-refractivity contribution in [2.24, 2.45) is 0 Å². The molecule has 4 rings (SSSR count). The van der Waals surface area contributed by atoms with Crippen LogP contribution in [0.5, 0.6) is 5.75 Å². The van der Waals surface area contributed by atoms with Crippen LogP contribution >= 0.6 is 0 Å². The van der Waals surface area contributed by atoms with Gasteiger partial charge in [-0.15, -0.1) is 0 Å². The minimum Gasteiger partial charge on any atom is -0.496 e. The number of methoxy groups -OCH3 is 1. The van der Waals surface area contributed by atoms with E-state index in [2.05, 4.69) is 42.2 Å². The number of benzene rings is 4. The fourth-order valence-corrected chi connectivity index (χ4v) is 4.62. The second-order valence-electron chi connectivity index (χ2n) is 8.68. The Hall–Kier alpha value is -3.89. The van der Waals surface area contributed by atoms with E-state index in [4.69, 9.17) is 4.74 Å². The van der Waals surface area contributed by atoms with Gasteiger partial charge in [0.05, 0.1) is 13.5 Å². The second kappa shape index (κ2) is 11.5. The summed E-state index contributed by atoms with van der Waals surface area (Å²) in [6, 6.07) is 36.3. The fourth-order valence-electron chi connectivity index (χ4n) is 4.62. The summed E-state index contributed by atoms with van der Waals surface area (Å²) in [6.45, 7) is 2.78. The van der Waals surface area contributed by atoms with E-state index in [1.807, 2.05) is 78.9 Å². The molecule has 0 aromatic heterocycles. The van der Waals surface area contributed by atoms with E-state index in [1.165, 1.54) is 0 Å². The molecule has 0 radical (unpaired) electrons. The molecule has 35 heavy (non-hydrogen) atoms. The number of hydrogen-bond acceptors (Lipinski definition) is 3. The molecule has 0 fully saturated rings. The summed E-state index contributed by atoms with van der Waals surface area (Å²) in [4.78, 5) is 14.4. The molecular formula is C31H31NO3. The Morgan fingerprint density at radius 3 is 2.14 bits per heavy atom. The van der Waals surface area contributed by atoms with Crippen molar-refractivity contribution < 1.29 is 14.6 Å². The van der Waals surface area contributed by atoms with E-state index in [-0.39, 0.29) is 18.5 Å². The summed E-state index contributed by atoms with van der Waals surface area (Å²) in [6.07, 6.45) is -0.000610. The summed E-state index contributed by atoms with van der Waals surface area (Å²) >= 11 is 0. The normalized spacial score (nSPS) is 12.8. The molecule has 0 aliphatic rings. The summed E-state index contributed by atoms with van der Waals surface area (Å²) in [5, 5.41) is 9.93. The monoisotopic (exact) mass is 465 g/mol. The van der Waals surface area contributed by atoms with Crippen LogP contribution in [0, 0.1) is 0 Å². The number of hydrogen-bond donors (Lipinski definition) is 1. The highest BCUT2D eigenvalue weighted by Crippen LogP contribution is 2.37. The van der Waals surface area contributed by atoms with Gasteiger partial charge < -0.3 is 9.84 Å². The van der Waals surface area contributed by atoms with Crippen molar-refractivity contribution >= 4 is 5.97 Å². The molecule has 2 atom stereocenters. The number of rotatable bonds is 10. The lowest BCUT2D eigenvalue weighted by molar-refractivity contribution is -0.138. The third-order valence-corrected chi connectivity index (χ3v) is 6.45. The van der Waals surface area contributed by atoms with Crippen LogP contribution in [0.1, 0.15) is 42.1 Å². The van der Waals surface area contributed by atoms with Crippen molar-refractivity contribution in [1.82, 2.24) is 4.90 Å². The number of aliphatic carboxylic acids is 1. The van der Waals surface area contributed by atoms with Gasteiger partial charge in [-0.1, -0.05) is 97.1 Å². The third kappa shape index (κ3) is 5.97. The van der Waals surface area contributed by atoms with Gasteiger partial charge in [0.15, 0.2) is 0 Å². The van der Waals surface area contributed by atoms with Crippen LogP contribution in [-0.2, 0) is 11.3 Å². The first-order chi connectivity index (χ1) is 17.1. The number of carbonyl (C=O) groups is 1. The number of carboxylic acid groups (broad SMARTS) is 1. The zero-order valence-corrected chi connectivity index (χ0v) is 20.2. The maximum Gasteiger partial charge on any atom is 0.305 e. The van der Waals surface area contributed by atoms with Gasteiger partial charge in [0, 0.05) is 24.2 Å². The molecule has 0 saturated carbocycles. The molecule has 0 saturated heterocycles. The lowest BCUT2D eigenvalue weighted by Gasteiger charge is -2.37. The van der Waals surface area contributed by atoms with Gasteiger partial charge >= 0.3 is 5.97 Å². The second-order valence-corrected chi connectivity index (χ2v) is 8.68. The molecule has 178 valence electrons. The molecule has 0 spiro atoms. The number of nitrogens with zero attached hydrogens (tertiary/aromatic N) is 1. The first-order valence-corrected chi connectivity index (χ1v) is 11.9. The number of carboxylic acids is 1. The van der Waals surface area contributed by atoms with E-state index in [0.29, 0.717) is 6.54 Å². The summed E-state index contributed by atoms with van der Waals surface area (Å²) in [5.41, 5.74) is 5.25. The molecular weight excluding hydrogens is 434 g/mol.